The quantitative estimate of drug-likeness (QED) is 0.483. The van der Waals surface area contributed by atoms with E-state index in [1.807, 2.05) is 0 Å². The minimum Gasteiger partial charge on any atom is -0.394 e. The van der Waals surface area contributed by atoms with Crippen molar-refractivity contribution in [2.24, 2.45) is 0 Å². The lowest BCUT2D eigenvalue weighted by molar-refractivity contribution is -0.193. The first kappa shape index (κ1) is 15.2. The average Bonchev–Trinajstić information content (AvgIpc) is 2.12. The molecule has 0 aliphatic heterocycles. The number of rotatable bonds is 5. The number of carbonyl (C=O) groups excluding carboxylic acids is 1. The summed E-state index contributed by atoms with van der Waals surface area (Å²) >= 11 is 0. The van der Waals surface area contributed by atoms with Gasteiger partial charge in [0.25, 0.3) is 0 Å². The fraction of sp³-hybridized carbons (Fsp3) is 0.833. The van der Waals surface area contributed by atoms with Crippen LogP contribution in [0.1, 0.15) is 0 Å². The second-order valence-electron chi connectivity index (χ2n) is 2.89. The predicted octanol–water partition coefficient (Wildman–Crippen LogP) is -2.16. The minimum atomic E-state index is -4.65. The van der Waals surface area contributed by atoms with Crippen molar-refractivity contribution in [3.05, 3.63) is 0 Å². The molecule has 3 N–H and O–H groups in total. The van der Waals surface area contributed by atoms with Crippen LogP contribution in [0.25, 0.3) is 0 Å². The molecule has 0 radical (unpaired) electrons. The summed E-state index contributed by atoms with van der Waals surface area (Å²) in [6.45, 7) is -1.23. The first-order chi connectivity index (χ1) is 7.02. The summed E-state index contributed by atoms with van der Waals surface area (Å²) in [4.78, 5) is 10.6. The predicted molar refractivity (Wildman–Crippen MR) is 45.0 cm³/mol. The highest BCUT2D eigenvalue weighted by Gasteiger charge is 2.52. The van der Waals surface area contributed by atoms with E-state index >= 15 is 0 Å². The normalized spacial score (nSPS) is 16.6. The number of carbonyl (C=O) groups is 1. The molecular formula is C6H10F2O7S. The number of aliphatic hydroxyl groups excluding tert-OH is 3. The van der Waals surface area contributed by atoms with Crippen LogP contribution in [0.2, 0.25) is 0 Å². The van der Waals surface area contributed by atoms with Gasteiger partial charge >= 0.3 is 22.0 Å². The zero-order valence-corrected chi connectivity index (χ0v) is 8.82. The van der Waals surface area contributed by atoms with E-state index in [-0.39, 0.29) is 0 Å². The maximum Gasteiger partial charge on any atom is 0.395 e. The minimum absolute atomic E-state index is 0.357. The van der Waals surface area contributed by atoms with Crippen molar-refractivity contribution < 1.29 is 41.5 Å². The number of aliphatic hydroxyl groups is 3. The summed E-state index contributed by atoms with van der Waals surface area (Å²) in [5, 5.41) is 25.7. The number of halogens is 2. The number of hydrogen-bond acceptors (Lipinski definition) is 7. The summed E-state index contributed by atoms with van der Waals surface area (Å²) in [5.41, 5.74) is 0. The van der Waals surface area contributed by atoms with E-state index in [1.165, 1.54) is 0 Å². The zero-order valence-electron chi connectivity index (χ0n) is 8.00. The maximum atomic E-state index is 12.9. The first-order valence-corrected chi connectivity index (χ1v) is 5.62. The fourth-order valence-corrected chi connectivity index (χ4v) is 1.04. The van der Waals surface area contributed by atoms with Gasteiger partial charge in [-0.2, -0.15) is 17.2 Å². The van der Waals surface area contributed by atoms with E-state index in [0.29, 0.717) is 6.26 Å². The Morgan fingerprint density at radius 1 is 1.44 bits per heavy atom. The highest BCUT2D eigenvalue weighted by atomic mass is 32.2. The number of hydrogen-bond donors (Lipinski definition) is 3. The van der Waals surface area contributed by atoms with Gasteiger partial charge in [-0.25, -0.2) is 4.79 Å². The molecular weight excluding hydrogens is 254 g/mol. The first-order valence-electron chi connectivity index (χ1n) is 3.81. The fourth-order valence-electron chi connectivity index (χ4n) is 0.655. The molecule has 0 bridgehead atoms. The third kappa shape index (κ3) is 3.96. The lowest BCUT2D eigenvalue weighted by Crippen LogP contribution is -2.50. The second-order valence-corrected chi connectivity index (χ2v) is 4.47. The Morgan fingerprint density at radius 3 is 2.19 bits per heavy atom. The molecule has 0 saturated heterocycles. The van der Waals surface area contributed by atoms with Crippen LogP contribution in [0.15, 0.2) is 0 Å². The van der Waals surface area contributed by atoms with E-state index in [1.54, 1.807) is 0 Å². The van der Waals surface area contributed by atoms with E-state index in [9.17, 15) is 22.0 Å². The van der Waals surface area contributed by atoms with Crippen molar-refractivity contribution in [1.29, 1.82) is 0 Å². The number of alkyl halides is 2. The molecule has 0 unspecified atom stereocenters. The van der Waals surface area contributed by atoms with Gasteiger partial charge in [-0.3, -0.25) is 0 Å². The van der Waals surface area contributed by atoms with Crippen molar-refractivity contribution in [2.45, 2.75) is 18.1 Å². The summed E-state index contributed by atoms with van der Waals surface area (Å²) in [6, 6.07) is 0. The molecule has 0 aromatic carbocycles. The summed E-state index contributed by atoms with van der Waals surface area (Å²) < 4.78 is 49.9. The van der Waals surface area contributed by atoms with Gasteiger partial charge in [0.05, 0.1) is 12.9 Å². The van der Waals surface area contributed by atoms with E-state index in [4.69, 9.17) is 15.3 Å². The highest BCUT2D eigenvalue weighted by molar-refractivity contribution is 7.86. The van der Waals surface area contributed by atoms with E-state index in [2.05, 4.69) is 4.18 Å². The van der Waals surface area contributed by atoms with Gasteiger partial charge in [0.1, 0.15) is 6.10 Å². The van der Waals surface area contributed by atoms with Crippen LogP contribution in [-0.2, 0) is 19.1 Å². The molecule has 0 aliphatic rings. The standard InChI is InChI=1S/C6H10F2O7S/c1-16(13,14)15-5(12)6(7,8)4(11)3(10)2-9/h3-4,9-11H,2H2,1H3/t3-,4-/m1/s1. The van der Waals surface area contributed by atoms with Crippen molar-refractivity contribution in [1.82, 2.24) is 0 Å². The van der Waals surface area contributed by atoms with E-state index in [0.717, 1.165) is 0 Å². The van der Waals surface area contributed by atoms with Crippen LogP contribution in [0.3, 0.4) is 0 Å². The van der Waals surface area contributed by atoms with Gasteiger partial charge in [-0.1, -0.05) is 0 Å². The molecule has 96 valence electrons. The SMILES string of the molecule is CS(=O)(=O)OC(=O)C(F)(F)[C@H](O)[C@H](O)CO. The Bertz CT molecular complexity index is 352. The average molecular weight is 264 g/mol. The molecule has 0 saturated carbocycles. The molecule has 0 spiro atoms. The molecule has 0 rings (SSSR count). The monoisotopic (exact) mass is 264 g/mol. The van der Waals surface area contributed by atoms with Crippen LogP contribution < -0.4 is 0 Å². The third-order valence-electron chi connectivity index (χ3n) is 1.42. The van der Waals surface area contributed by atoms with Crippen molar-refractivity contribution in [3.8, 4) is 0 Å². The maximum absolute atomic E-state index is 12.9. The van der Waals surface area contributed by atoms with Crippen LogP contribution in [0.4, 0.5) is 8.78 Å². The summed E-state index contributed by atoms with van der Waals surface area (Å²) in [6.07, 6.45) is -4.91. The Balaban J connectivity index is 4.85. The van der Waals surface area contributed by atoms with Gasteiger partial charge in [0, 0.05) is 0 Å². The van der Waals surface area contributed by atoms with Gasteiger partial charge in [0.2, 0.25) is 0 Å². The molecule has 0 heterocycles. The van der Waals surface area contributed by atoms with Gasteiger partial charge in [-0.05, 0) is 0 Å². The molecule has 0 fully saturated rings. The Labute approximate surface area is 89.4 Å². The van der Waals surface area contributed by atoms with Crippen LogP contribution in [-0.4, -0.2) is 60.7 Å². The van der Waals surface area contributed by atoms with Crippen LogP contribution >= 0.6 is 0 Å². The molecule has 2 atom stereocenters. The third-order valence-corrected chi connectivity index (χ3v) is 1.88. The van der Waals surface area contributed by atoms with Crippen molar-refractivity contribution >= 4 is 16.1 Å². The highest BCUT2D eigenvalue weighted by Crippen LogP contribution is 2.23. The zero-order chi connectivity index (χ0) is 13.1. The molecule has 0 aromatic rings. The van der Waals surface area contributed by atoms with Crippen molar-refractivity contribution in [2.75, 3.05) is 12.9 Å². The second kappa shape index (κ2) is 4.99. The molecule has 0 amide bonds. The molecule has 16 heavy (non-hydrogen) atoms. The van der Waals surface area contributed by atoms with E-state index < -0.39 is 40.8 Å². The Morgan fingerprint density at radius 2 is 1.88 bits per heavy atom. The Hall–Kier alpha value is -0.840. The van der Waals surface area contributed by atoms with Crippen LogP contribution in [0.5, 0.6) is 0 Å². The molecule has 0 aromatic heterocycles. The molecule has 10 heteroatoms. The van der Waals surface area contributed by atoms with Gasteiger partial charge in [0.15, 0.2) is 6.10 Å². The smallest absolute Gasteiger partial charge is 0.394 e. The van der Waals surface area contributed by atoms with Gasteiger partial charge in [-0.15, -0.1) is 0 Å². The lowest BCUT2D eigenvalue weighted by atomic mass is 10.1. The summed E-state index contributed by atoms with van der Waals surface area (Å²) in [7, 11) is -4.46. The van der Waals surface area contributed by atoms with Gasteiger partial charge < -0.3 is 19.5 Å². The Kier molecular flexibility index (Phi) is 4.73. The topological polar surface area (TPSA) is 121 Å². The molecule has 0 aliphatic carbocycles. The lowest BCUT2D eigenvalue weighted by Gasteiger charge is -2.22. The van der Waals surface area contributed by atoms with Crippen LogP contribution in [0, 0.1) is 0 Å². The largest absolute Gasteiger partial charge is 0.395 e. The summed E-state index contributed by atoms with van der Waals surface area (Å²) in [5.74, 6) is -7.18. The van der Waals surface area contributed by atoms with Crippen molar-refractivity contribution in [3.63, 3.8) is 0 Å². The molecule has 7 nitrogen and oxygen atoms in total.